The third kappa shape index (κ3) is 3.25. The van der Waals surface area contributed by atoms with E-state index in [0.717, 1.165) is 0 Å². The van der Waals surface area contributed by atoms with Crippen LogP contribution in [0.2, 0.25) is 0 Å². The SMILES string of the molecule is CCOC(OCC)c1ccc(F)c(C)n1. The Kier molecular flexibility index (Phi) is 4.65. The predicted octanol–water partition coefficient (Wildman–Crippen LogP) is 2.60. The summed E-state index contributed by atoms with van der Waals surface area (Å²) in [5, 5.41) is 0. The maximum absolute atomic E-state index is 13.0. The summed E-state index contributed by atoms with van der Waals surface area (Å²) in [6.07, 6.45) is -0.501. The van der Waals surface area contributed by atoms with E-state index in [1.165, 1.54) is 6.07 Å². The normalized spacial score (nSPS) is 11.0. The summed E-state index contributed by atoms with van der Waals surface area (Å²) in [6.45, 7) is 6.43. The minimum atomic E-state index is -0.501. The van der Waals surface area contributed by atoms with Crippen molar-refractivity contribution in [2.45, 2.75) is 27.1 Å². The van der Waals surface area contributed by atoms with Crippen molar-refractivity contribution in [3.63, 3.8) is 0 Å². The average molecular weight is 213 g/mol. The van der Waals surface area contributed by atoms with Gasteiger partial charge in [0.15, 0.2) is 0 Å². The molecule has 4 heteroatoms. The molecule has 0 aliphatic heterocycles. The first-order valence-electron chi connectivity index (χ1n) is 5.05. The Morgan fingerprint density at radius 2 is 1.87 bits per heavy atom. The zero-order chi connectivity index (χ0) is 11.3. The Morgan fingerprint density at radius 3 is 2.33 bits per heavy atom. The Bertz CT molecular complexity index is 311. The molecule has 0 spiro atoms. The monoisotopic (exact) mass is 213 g/mol. The van der Waals surface area contributed by atoms with E-state index in [0.29, 0.717) is 24.6 Å². The van der Waals surface area contributed by atoms with Crippen LogP contribution < -0.4 is 0 Å². The van der Waals surface area contributed by atoms with Crippen LogP contribution in [0, 0.1) is 12.7 Å². The van der Waals surface area contributed by atoms with E-state index in [4.69, 9.17) is 9.47 Å². The lowest BCUT2D eigenvalue weighted by molar-refractivity contribution is -0.142. The molecule has 84 valence electrons. The van der Waals surface area contributed by atoms with Crippen molar-refractivity contribution in [3.05, 3.63) is 29.3 Å². The van der Waals surface area contributed by atoms with Gasteiger partial charge in [-0.3, -0.25) is 0 Å². The van der Waals surface area contributed by atoms with Crippen LogP contribution in [0.5, 0.6) is 0 Å². The van der Waals surface area contributed by atoms with Gasteiger partial charge in [0.2, 0.25) is 6.29 Å². The molecule has 0 saturated carbocycles. The van der Waals surface area contributed by atoms with E-state index >= 15 is 0 Å². The highest BCUT2D eigenvalue weighted by atomic mass is 19.1. The van der Waals surface area contributed by atoms with Crippen molar-refractivity contribution in [2.24, 2.45) is 0 Å². The van der Waals surface area contributed by atoms with E-state index in [1.807, 2.05) is 13.8 Å². The van der Waals surface area contributed by atoms with Crippen LogP contribution in [0.3, 0.4) is 0 Å². The van der Waals surface area contributed by atoms with Crippen molar-refractivity contribution in [3.8, 4) is 0 Å². The number of aromatic nitrogens is 1. The molecule has 0 aliphatic rings. The van der Waals surface area contributed by atoms with Crippen LogP contribution in [0.15, 0.2) is 12.1 Å². The summed E-state index contributed by atoms with van der Waals surface area (Å²) >= 11 is 0. The highest BCUT2D eigenvalue weighted by Gasteiger charge is 2.13. The van der Waals surface area contributed by atoms with Crippen molar-refractivity contribution in [2.75, 3.05) is 13.2 Å². The molecule has 1 aromatic rings. The molecule has 0 radical (unpaired) electrons. The standard InChI is InChI=1S/C11H16FNO2/c1-4-14-11(15-5-2)10-7-6-9(12)8(3)13-10/h6-7,11H,4-5H2,1-3H3. The van der Waals surface area contributed by atoms with Crippen LogP contribution in [-0.4, -0.2) is 18.2 Å². The third-order valence-corrected chi connectivity index (χ3v) is 1.92. The maximum Gasteiger partial charge on any atom is 0.201 e. The van der Waals surface area contributed by atoms with Crippen molar-refractivity contribution < 1.29 is 13.9 Å². The lowest BCUT2D eigenvalue weighted by Gasteiger charge is -2.16. The van der Waals surface area contributed by atoms with Gasteiger partial charge in [-0.2, -0.15) is 0 Å². The number of hydrogen-bond acceptors (Lipinski definition) is 3. The molecule has 1 heterocycles. The number of nitrogens with zero attached hydrogens (tertiary/aromatic N) is 1. The molecular weight excluding hydrogens is 197 g/mol. The Hall–Kier alpha value is -1.00. The molecule has 0 saturated heterocycles. The average Bonchev–Trinajstić information content (AvgIpc) is 2.22. The second kappa shape index (κ2) is 5.78. The molecule has 0 amide bonds. The van der Waals surface area contributed by atoms with Gasteiger partial charge in [0.05, 0.1) is 11.4 Å². The first kappa shape index (κ1) is 12.1. The predicted molar refractivity (Wildman–Crippen MR) is 54.9 cm³/mol. The van der Waals surface area contributed by atoms with Gasteiger partial charge in [-0.1, -0.05) is 0 Å². The highest BCUT2D eigenvalue weighted by molar-refractivity contribution is 5.13. The molecule has 0 aromatic carbocycles. The minimum absolute atomic E-state index is 0.314. The first-order valence-corrected chi connectivity index (χ1v) is 5.05. The number of hydrogen-bond donors (Lipinski definition) is 0. The number of halogens is 1. The zero-order valence-electron chi connectivity index (χ0n) is 9.29. The molecule has 0 atom stereocenters. The van der Waals surface area contributed by atoms with E-state index in [2.05, 4.69) is 4.98 Å². The van der Waals surface area contributed by atoms with Crippen LogP contribution in [0.25, 0.3) is 0 Å². The summed E-state index contributed by atoms with van der Waals surface area (Å²) in [5.41, 5.74) is 0.967. The molecule has 1 aromatic heterocycles. The van der Waals surface area contributed by atoms with Crippen LogP contribution in [0.1, 0.15) is 31.5 Å². The van der Waals surface area contributed by atoms with Gasteiger partial charge in [0, 0.05) is 13.2 Å². The summed E-state index contributed by atoms with van der Waals surface area (Å²) < 4.78 is 23.7. The topological polar surface area (TPSA) is 31.4 Å². The van der Waals surface area contributed by atoms with Crippen molar-refractivity contribution >= 4 is 0 Å². The molecule has 1 rings (SSSR count). The fourth-order valence-corrected chi connectivity index (χ4v) is 1.22. The number of rotatable bonds is 5. The van der Waals surface area contributed by atoms with Crippen LogP contribution in [0.4, 0.5) is 4.39 Å². The molecular formula is C11H16FNO2. The molecule has 3 nitrogen and oxygen atoms in total. The first-order chi connectivity index (χ1) is 7.19. The Balaban J connectivity index is 2.85. The van der Waals surface area contributed by atoms with Crippen LogP contribution in [-0.2, 0) is 9.47 Å². The second-order valence-corrected chi connectivity index (χ2v) is 3.05. The van der Waals surface area contributed by atoms with Crippen molar-refractivity contribution in [1.29, 1.82) is 0 Å². The molecule has 15 heavy (non-hydrogen) atoms. The summed E-state index contributed by atoms with van der Waals surface area (Å²) in [7, 11) is 0. The van der Waals surface area contributed by atoms with Gasteiger partial charge in [-0.05, 0) is 32.9 Å². The van der Waals surface area contributed by atoms with Gasteiger partial charge in [0.1, 0.15) is 5.82 Å². The molecule has 0 aliphatic carbocycles. The summed E-state index contributed by atoms with van der Waals surface area (Å²) in [6, 6.07) is 2.96. The Morgan fingerprint density at radius 1 is 1.27 bits per heavy atom. The van der Waals surface area contributed by atoms with E-state index in [-0.39, 0.29) is 5.82 Å². The largest absolute Gasteiger partial charge is 0.347 e. The van der Waals surface area contributed by atoms with Gasteiger partial charge in [0.25, 0.3) is 0 Å². The molecule has 0 bridgehead atoms. The Labute approximate surface area is 89.2 Å². The summed E-state index contributed by atoms with van der Waals surface area (Å²) in [4.78, 5) is 4.09. The van der Waals surface area contributed by atoms with Gasteiger partial charge in [-0.15, -0.1) is 0 Å². The fourth-order valence-electron chi connectivity index (χ4n) is 1.22. The van der Waals surface area contributed by atoms with Crippen LogP contribution >= 0.6 is 0 Å². The van der Waals surface area contributed by atoms with Crippen molar-refractivity contribution in [1.82, 2.24) is 4.98 Å². The highest BCUT2D eigenvalue weighted by Crippen LogP contribution is 2.18. The number of aryl methyl sites for hydroxylation is 1. The quantitative estimate of drug-likeness (QED) is 0.704. The molecule has 0 fully saturated rings. The maximum atomic E-state index is 13.0. The van der Waals surface area contributed by atoms with E-state index < -0.39 is 6.29 Å². The molecule has 0 N–H and O–H groups in total. The van der Waals surface area contributed by atoms with Gasteiger partial charge < -0.3 is 9.47 Å². The lowest BCUT2D eigenvalue weighted by atomic mass is 10.3. The zero-order valence-corrected chi connectivity index (χ0v) is 9.29. The molecule has 0 unspecified atom stereocenters. The third-order valence-electron chi connectivity index (χ3n) is 1.92. The summed E-state index contributed by atoms with van der Waals surface area (Å²) in [5.74, 6) is -0.314. The minimum Gasteiger partial charge on any atom is -0.347 e. The smallest absolute Gasteiger partial charge is 0.201 e. The number of pyridine rings is 1. The van der Waals surface area contributed by atoms with Gasteiger partial charge in [-0.25, -0.2) is 9.37 Å². The lowest BCUT2D eigenvalue weighted by Crippen LogP contribution is -2.11. The fraction of sp³-hybridized carbons (Fsp3) is 0.545. The van der Waals surface area contributed by atoms with E-state index in [1.54, 1.807) is 13.0 Å². The second-order valence-electron chi connectivity index (χ2n) is 3.05. The van der Waals surface area contributed by atoms with E-state index in [9.17, 15) is 4.39 Å². The number of ether oxygens (including phenoxy) is 2. The van der Waals surface area contributed by atoms with Gasteiger partial charge >= 0.3 is 0 Å².